The van der Waals surface area contributed by atoms with Crippen molar-refractivity contribution in [3.63, 3.8) is 0 Å². The number of imide groups is 1. The molecule has 12 nitrogen and oxygen atoms in total. The Morgan fingerprint density at radius 3 is 2.22 bits per heavy atom. The number of carbonyl (C=O) groups excluding carboxylic acids is 3. The predicted molar refractivity (Wildman–Crippen MR) is 167 cm³/mol. The number of carbonyl (C=O) groups is 3. The Kier molecular flexibility index (Phi) is 8.80. The number of hydrogen-bond donors (Lipinski definition) is 0. The Morgan fingerprint density at radius 1 is 1.00 bits per heavy atom. The van der Waals surface area contributed by atoms with Gasteiger partial charge in [-0.3, -0.25) is 23.6 Å². The first kappa shape index (κ1) is 32.6. The highest BCUT2D eigenvalue weighted by atomic mass is 35.7. The summed E-state index contributed by atoms with van der Waals surface area (Å²) in [6.45, 7) is 6.10. The van der Waals surface area contributed by atoms with Gasteiger partial charge in [0.05, 0.1) is 24.7 Å². The van der Waals surface area contributed by atoms with E-state index in [4.69, 9.17) is 20.2 Å². The van der Waals surface area contributed by atoms with E-state index in [1.54, 1.807) is 69.2 Å². The van der Waals surface area contributed by atoms with Gasteiger partial charge in [-0.2, -0.15) is 0 Å². The van der Waals surface area contributed by atoms with Crippen LogP contribution >= 0.6 is 10.7 Å². The molecule has 2 aliphatic rings. The summed E-state index contributed by atoms with van der Waals surface area (Å²) in [5, 5.41) is 0. The number of amides is 3. The quantitative estimate of drug-likeness (QED) is 0.282. The lowest BCUT2D eigenvalue weighted by Gasteiger charge is -2.34. The summed E-state index contributed by atoms with van der Waals surface area (Å²) in [5.74, 6) is -0.535. The molecule has 3 aromatic rings. The number of fused-ring (bicyclic) bond motifs is 1. The largest absolute Gasteiger partial charge is 0.497 e. The van der Waals surface area contributed by atoms with Crippen LogP contribution in [0.15, 0.2) is 46.1 Å². The predicted octanol–water partition coefficient (Wildman–Crippen LogP) is 4.28. The fraction of sp³-hybridized carbons (Fsp3) is 0.484. The van der Waals surface area contributed by atoms with Crippen molar-refractivity contribution < 1.29 is 32.3 Å². The van der Waals surface area contributed by atoms with Crippen LogP contribution < -0.4 is 10.4 Å². The Labute approximate surface area is 265 Å². The Bertz CT molecular complexity index is 1820. The number of benzene rings is 2. The molecule has 2 aromatic carbocycles. The number of methoxy groups -OCH3 is 1. The number of rotatable bonds is 6. The Hall–Kier alpha value is -3.84. The normalized spacial score (nSPS) is 18.5. The molecule has 0 spiro atoms. The number of ether oxygens (including phenoxy) is 2. The van der Waals surface area contributed by atoms with Gasteiger partial charge in [-0.15, -0.1) is 0 Å². The van der Waals surface area contributed by atoms with Gasteiger partial charge in [0.15, 0.2) is 0 Å². The molecule has 0 radical (unpaired) electrons. The molecule has 0 aliphatic carbocycles. The third-order valence-electron chi connectivity index (χ3n) is 8.35. The molecule has 0 saturated carbocycles. The van der Waals surface area contributed by atoms with E-state index < -0.39 is 38.4 Å². The van der Waals surface area contributed by atoms with Crippen molar-refractivity contribution in [2.24, 2.45) is 7.05 Å². The fourth-order valence-corrected chi connectivity index (χ4v) is 7.65. The number of aromatic nitrogens is 2. The van der Waals surface area contributed by atoms with Crippen LogP contribution in [0.3, 0.4) is 0 Å². The number of hydrogen-bond acceptors (Lipinski definition) is 8. The van der Waals surface area contributed by atoms with Gasteiger partial charge >= 0.3 is 11.8 Å². The van der Waals surface area contributed by atoms with E-state index in [9.17, 15) is 27.6 Å². The summed E-state index contributed by atoms with van der Waals surface area (Å²) >= 11 is 0. The van der Waals surface area contributed by atoms with Crippen LogP contribution in [0.4, 0.5) is 4.79 Å². The van der Waals surface area contributed by atoms with E-state index in [1.165, 1.54) is 16.2 Å². The summed E-state index contributed by atoms with van der Waals surface area (Å²) in [6.07, 6.45) is 0.608. The number of likely N-dealkylation sites (tertiary alicyclic amines) is 2. The van der Waals surface area contributed by atoms with Crippen molar-refractivity contribution in [1.82, 2.24) is 18.9 Å². The molecule has 3 heterocycles. The van der Waals surface area contributed by atoms with Gasteiger partial charge < -0.3 is 14.4 Å². The molecule has 1 unspecified atom stereocenters. The van der Waals surface area contributed by atoms with Crippen LogP contribution in [-0.4, -0.2) is 71.1 Å². The van der Waals surface area contributed by atoms with E-state index in [2.05, 4.69) is 0 Å². The molecule has 0 N–H and O–H groups in total. The van der Waals surface area contributed by atoms with Gasteiger partial charge in [0, 0.05) is 37.2 Å². The summed E-state index contributed by atoms with van der Waals surface area (Å²) in [4.78, 5) is 55.4. The fourth-order valence-electron chi connectivity index (χ4n) is 6.17. The van der Waals surface area contributed by atoms with Crippen molar-refractivity contribution >= 4 is 48.7 Å². The zero-order chi connectivity index (χ0) is 32.8. The molecular weight excluding hydrogens is 624 g/mol. The van der Waals surface area contributed by atoms with Gasteiger partial charge in [-0.1, -0.05) is 18.2 Å². The van der Waals surface area contributed by atoms with Crippen LogP contribution in [0.25, 0.3) is 11.0 Å². The van der Waals surface area contributed by atoms with E-state index in [0.29, 0.717) is 42.8 Å². The minimum atomic E-state index is -4.37. The average Bonchev–Trinajstić information content (AvgIpc) is 3.23. The standard InChI is InChI=1S/C31H37ClN4O8S/c1-31(2,3)44-30(40)34-16-14-20(15-17-34)22-10-11-23-26(27(22)45(32,41)42)33(4)29(39)36(23)24-12-13-25(37)35(28(24)38)18-19-6-8-21(43-5)9-7-19/h6-11,20,24H,12-18H2,1-5H3. The molecule has 242 valence electrons. The van der Waals surface area contributed by atoms with Crippen LogP contribution in [0.2, 0.25) is 0 Å². The molecule has 2 fully saturated rings. The molecule has 5 rings (SSSR count). The second-order valence-corrected chi connectivity index (χ2v) is 15.0. The van der Waals surface area contributed by atoms with Crippen LogP contribution in [-0.2, 0) is 37.0 Å². The van der Waals surface area contributed by atoms with Gasteiger partial charge in [0.25, 0.3) is 15.0 Å². The van der Waals surface area contributed by atoms with Crippen LogP contribution in [0.1, 0.15) is 69.5 Å². The minimum Gasteiger partial charge on any atom is -0.497 e. The molecule has 1 atom stereocenters. The highest BCUT2D eigenvalue weighted by molar-refractivity contribution is 8.14. The molecule has 2 aliphatic heterocycles. The molecule has 2 saturated heterocycles. The van der Waals surface area contributed by atoms with E-state index >= 15 is 0 Å². The lowest BCUT2D eigenvalue weighted by atomic mass is 9.89. The number of piperidine rings is 2. The number of halogens is 1. The van der Waals surface area contributed by atoms with Gasteiger partial charge in [-0.05, 0) is 75.3 Å². The molecule has 0 bridgehead atoms. The summed E-state index contributed by atoms with van der Waals surface area (Å²) in [6, 6.07) is 9.21. The maximum absolute atomic E-state index is 13.8. The van der Waals surface area contributed by atoms with Crippen molar-refractivity contribution in [3.8, 4) is 5.75 Å². The highest BCUT2D eigenvalue weighted by Crippen LogP contribution is 2.39. The molecular formula is C31H37ClN4O8S. The molecule has 3 amide bonds. The molecule has 45 heavy (non-hydrogen) atoms. The molecule has 14 heteroatoms. The van der Waals surface area contributed by atoms with Crippen molar-refractivity contribution in [2.45, 2.75) is 75.5 Å². The minimum absolute atomic E-state index is 0.0190. The molecule has 1 aromatic heterocycles. The van der Waals surface area contributed by atoms with Gasteiger partial charge in [0.2, 0.25) is 5.91 Å². The van der Waals surface area contributed by atoms with E-state index in [-0.39, 0.29) is 47.1 Å². The third-order valence-corrected chi connectivity index (χ3v) is 9.73. The number of nitrogens with zero attached hydrogens (tertiary/aromatic N) is 4. The first-order valence-corrected chi connectivity index (χ1v) is 17.0. The van der Waals surface area contributed by atoms with Crippen molar-refractivity contribution in [1.29, 1.82) is 0 Å². The first-order valence-electron chi connectivity index (χ1n) is 14.7. The first-order chi connectivity index (χ1) is 21.1. The van der Waals surface area contributed by atoms with E-state index in [1.807, 2.05) is 0 Å². The SMILES string of the molecule is COc1ccc(CN2C(=O)CCC(n3c(=O)n(C)c4c(S(=O)(=O)Cl)c(C5CCN(C(=O)OC(C)(C)C)CC5)ccc43)C2=O)cc1. The zero-order valence-corrected chi connectivity index (χ0v) is 27.5. The zero-order valence-electron chi connectivity index (χ0n) is 25.9. The number of aryl methyl sites for hydroxylation is 1. The van der Waals surface area contributed by atoms with Crippen molar-refractivity contribution in [2.75, 3.05) is 20.2 Å². The van der Waals surface area contributed by atoms with Gasteiger partial charge in [0.1, 0.15) is 22.3 Å². The van der Waals surface area contributed by atoms with Crippen LogP contribution in [0, 0.1) is 0 Å². The maximum atomic E-state index is 13.8. The Balaban J connectivity index is 1.49. The Morgan fingerprint density at radius 2 is 1.64 bits per heavy atom. The third kappa shape index (κ3) is 6.46. The summed E-state index contributed by atoms with van der Waals surface area (Å²) in [7, 11) is 4.66. The second-order valence-electron chi connectivity index (χ2n) is 12.5. The average molecular weight is 661 g/mol. The van der Waals surface area contributed by atoms with E-state index in [0.717, 1.165) is 4.90 Å². The smallest absolute Gasteiger partial charge is 0.410 e. The lowest BCUT2D eigenvalue weighted by Crippen LogP contribution is -2.47. The summed E-state index contributed by atoms with van der Waals surface area (Å²) < 4.78 is 39.4. The number of imidazole rings is 1. The maximum Gasteiger partial charge on any atom is 0.410 e. The lowest BCUT2D eigenvalue weighted by molar-refractivity contribution is -0.151. The monoisotopic (exact) mass is 660 g/mol. The van der Waals surface area contributed by atoms with Crippen LogP contribution in [0.5, 0.6) is 5.75 Å². The highest BCUT2D eigenvalue weighted by Gasteiger charge is 2.39. The second kappa shape index (κ2) is 12.2. The topological polar surface area (TPSA) is 137 Å². The van der Waals surface area contributed by atoms with Gasteiger partial charge in [-0.25, -0.2) is 18.0 Å². The summed E-state index contributed by atoms with van der Waals surface area (Å²) in [5.41, 5.74) is 0.237. The van der Waals surface area contributed by atoms with Crippen molar-refractivity contribution in [3.05, 3.63) is 58.0 Å².